The van der Waals surface area contributed by atoms with E-state index in [1.165, 1.54) is 12.8 Å². The molecule has 3 atom stereocenters. The Hall–Kier alpha value is -1.52. The van der Waals surface area contributed by atoms with Gasteiger partial charge in [0, 0.05) is 12.1 Å². The Morgan fingerprint density at radius 2 is 2.11 bits per heavy atom. The first-order valence-corrected chi connectivity index (χ1v) is 6.77. The molecular formula is C14H16F2N2O. The first kappa shape index (κ1) is 12.5. The van der Waals surface area contributed by atoms with Crippen molar-refractivity contribution in [3.05, 3.63) is 29.6 Å². The number of hydrogen-bond acceptors (Lipinski definition) is 2. The summed E-state index contributed by atoms with van der Waals surface area (Å²) < 4.78 is 26.2. The lowest BCUT2D eigenvalue weighted by atomic mass is 9.97. The molecule has 1 aromatic heterocycles. The minimum absolute atomic E-state index is 0.117. The summed E-state index contributed by atoms with van der Waals surface area (Å²) in [6, 6.07) is 0.806. The minimum Gasteiger partial charge on any atom is -0.348 e. The Labute approximate surface area is 110 Å². The van der Waals surface area contributed by atoms with E-state index in [-0.39, 0.29) is 11.7 Å². The van der Waals surface area contributed by atoms with Crippen LogP contribution in [0.25, 0.3) is 0 Å². The van der Waals surface area contributed by atoms with Crippen molar-refractivity contribution in [1.29, 1.82) is 0 Å². The number of pyridine rings is 1. The van der Waals surface area contributed by atoms with Crippen LogP contribution in [0.5, 0.6) is 0 Å². The van der Waals surface area contributed by atoms with Gasteiger partial charge in [0.15, 0.2) is 11.5 Å². The molecule has 1 amide bonds. The van der Waals surface area contributed by atoms with Crippen LogP contribution in [0.2, 0.25) is 0 Å². The van der Waals surface area contributed by atoms with Crippen LogP contribution in [0.1, 0.15) is 42.6 Å². The molecule has 5 heteroatoms. The second kappa shape index (κ2) is 4.87. The molecule has 2 fully saturated rings. The summed E-state index contributed by atoms with van der Waals surface area (Å²) in [4.78, 5) is 15.5. The molecule has 0 unspecified atom stereocenters. The average molecular weight is 266 g/mol. The van der Waals surface area contributed by atoms with Gasteiger partial charge in [-0.2, -0.15) is 0 Å². The number of fused-ring (bicyclic) bond motifs is 1. The lowest BCUT2D eigenvalue weighted by Gasteiger charge is -2.19. The monoisotopic (exact) mass is 266 g/mol. The van der Waals surface area contributed by atoms with Crippen molar-refractivity contribution in [3.63, 3.8) is 0 Å². The highest BCUT2D eigenvalue weighted by Crippen LogP contribution is 2.43. The molecular weight excluding hydrogens is 250 g/mol. The van der Waals surface area contributed by atoms with Gasteiger partial charge in [0.05, 0.1) is 6.20 Å². The maximum atomic E-state index is 13.5. The molecule has 3 rings (SSSR count). The van der Waals surface area contributed by atoms with Crippen LogP contribution in [-0.2, 0) is 0 Å². The average Bonchev–Trinajstić information content (AvgIpc) is 2.94. The zero-order valence-corrected chi connectivity index (χ0v) is 10.5. The van der Waals surface area contributed by atoms with Gasteiger partial charge in [0.1, 0.15) is 5.82 Å². The van der Waals surface area contributed by atoms with Gasteiger partial charge in [-0.05, 0) is 31.1 Å². The fourth-order valence-corrected chi connectivity index (χ4v) is 3.56. The quantitative estimate of drug-likeness (QED) is 0.894. The number of rotatable bonds is 2. The van der Waals surface area contributed by atoms with Gasteiger partial charge in [-0.3, -0.25) is 4.79 Å². The molecule has 102 valence electrons. The van der Waals surface area contributed by atoms with Crippen LogP contribution in [0.15, 0.2) is 12.3 Å². The van der Waals surface area contributed by atoms with Gasteiger partial charge in [0.2, 0.25) is 0 Å². The van der Waals surface area contributed by atoms with Crippen molar-refractivity contribution >= 4 is 5.91 Å². The molecule has 0 bridgehead atoms. The van der Waals surface area contributed by atoms with Crippen molar-refractivity contribution in [3.8, 4) is 0 Å². The topological polar surface area (TPSA) is 42.0 Å². The number of carbonyl (C=O) groups excluding carboxylic acids is 1. The van der Waals surface area contributed by atoms with E-state index in [1.807, 2.05) is 0 Å². The predicted molar refractivity (Wildman–Crippen MR) is 65.5 cm³/mol. The third-order valence-electron chi connectivity index (χ3n) is 4.42. The second-order valence-electron chi connectivity index (χ2n) is 5.50. The van der Waals surface area contributed by atoms with Crippen LogP contribution < -0.4 is 5.32 Å². The maximum absolute atomic E-state index is 13.5. The number of carbonyl (C=O) groups is 1. The number of hydrogen-bond donors (Lipinski definition) is 1. The molecule has 0 radical (unpaired) electrons. The van der Waals surface area contributed by atoms with Gasteiger partial charge in [-0.1, -0.05) is 12.8 Å². The Balaban J connectivity index is 1.71. The molecule has 2 aliphatic rings. The minimum atomic E-state index is -0.904. The fraction of sp³-hybridized carbons (Fsp3) is 0.571. The summed E-state index contributed by atoms with van der Waals surface area (Å²) in [5, 5.41) is 2.86. The lowest BCUT2D eigenvalue weighted by molar-refractivity contribution is 0.0916. The smallest absolute Gasteiger partial charge is 0.273 e. The van der Waals surface area contributed by atoms with Gasteiger partial charge >= 0.3 is 0 Å². The van der Waals surface area contributed by atoms with E-state index in [4.69, 9.17) is 0 Å². The SMILES string of the molecule is O=C(N[C@H]1CC[C@@H]2CCC[C@@H]21)c1ncc(F)cc1F. The van der Waals surface area contributed by atoms with E-state index in [0.717, 1.165) is 25.5 Å². The summed E-state index contributed by atoms with van der Waals surface area (Å²) in [5.74, 6) is -0.983. The Morgan fingerprint density at radius 1 is 1.26 bits per heavy atom. The Morgan fingerprint density at radius 3 is 2.89 bits per heavy atom. The maximum Gasteiger partial charge on any atom is 0.273 e. The number of aromatic nitrogens is 1. The van der Waals surface area contributed by atoms with Crippen molar-refractivity contribution in [2.75, 3.05) is 0 Å². The molecule has 1 heterocycles. The molecule has 19 heavy (non-hydrogen) atoms. The van der Waals surface area contributed by atoms with Crippen LogP contribution in [-0.4, -0.2) is 16.9 Å². The zero-order chi connectivity index (χ0) is 13.4. The molecule has 2 aliphatic carbocycles. The standard InChI is InChI=1S/C14H16F2N2O/c15-9-6-11(16)13(17-7-9)14(19)18-12-5-4-8-2-1-3-10(8)12/h6-8,10,12H,1-5H2,(H,18,19)/t8-,10-,12-/m0/s1. The highest BCUT2D eigenvalue weighted by molar-refractivity contribution is 5.92. The molecule has 0 aliphatic heterocycles. The summed E-state index contributed by atoms with van der Waals surface area (Å²) in [6.07, 6.45) is 6.53. The highest BCUT2D eigenvalue weighted by atomic mass is 19.1. The van der Waals surface area contributed by atoms with Crippen LogP contribution in [0.3, 0.4) is 0 Å². The Kier molecular flexibility index (Phi) is 3.21. The largest absolute Gasteiger partial charge is 0.348 e. The van der Waals surface area contributed by atoms with E-state index in [9.17, 15) is 13.6 Å². The third kappa shape index (κ3) is 2.33. The van der Waals surface area contributed by atoms with E-state index in [2.05, 4.69) is 10.3 Å². The van der Waals surface area contributed by atoms with E-state index in [0.29, 0.717) is 17.9 Å². The third-order valence-corrected chi connectivity index (χ3v) is 4.42. The summed E-state index contributed by atoms with van der Waals surface area (Å²) >= 11 is 0. The number of halogens is 2. The summed E-state index contributed by atoms with van der Waals surface area (Å²) in [5.41, 5.74) is -0.317. The van der Waals surface area contributed by atoms with Crippen LogP contribution in [0.4, 0.5) is 8.78 Å². The number of nitrogens with zero attached hydrogens (tertiary/aromatic N) is 1. The second-order valence-corrected chi connectivity index (χ2v) is 5.50. The zero-order valence-electron chi connectivity index (χ0n) is 10.5. The molecule has 0 spiro atoms. The Bertz CT molecular complexity index is 506. The van der Waals surface area contributed by atoms with Crippen molar-refractivity contribution < 1.29 is 13.6 Å². The normalized spacial score (nSPS) is 29.3. The van der Waals surface area contributed by atoms with E-state index >= 15 is 0 Å². The summed E-state index contributed by atoms with van der Waals surface area (Å²) in [7, 11) is 0. The highest BCUT2D eigenvalue weighted by Gasteiger charge is 2.39. The summed E-state index contributed by atoms with van der Waals surface area (Å²) in [6.45, 7) is 0. The van der Waals surface area contributed by atoms with Gasteiger partial charge in [-0.25, -0.2) is 13.8 Å². The molecule has 3 nitrogen and oxygen atoms in total. The molecule has 0 aromatic carbocycles. The van der Waals surface area contributed by atoms with Crippen molar-refractivity contribution in [2.45, 2.75) is 38.1 Å². The van der Waals surface area contributed by atoms with Crippen LogP contribution >= 0.6 is 0 Å². The fourth-order valence-electron chi connectivity index (χ4n) is 3.56. The van der Waals surface area contributed by atoms with Gasteiger partial charge < -0.3 is 5.32 Å². The predicted octanol–water partition coefficient (Wildman–Crippen LogP) is 2.67. The molecule has 1 N–H and O–H groups in total. The van der Waals surface area contributed by atoms with Gasteiger partial charge in [-0.15, -0.1) is 0 Å². The number of nitrogens with one attached hydrogen (secondary N) is 1. The van der Waals surface area contributed by atoms with Crippen molar-refractivity contribution in [2.24, 2.45) is 11.8 Å². The number of amides is 1. The van der Waals surface area contributed by atoms with Gasteiger partial charge in [0.25, 0.3) is 5.91 Å². The van der Waals surface area contributed by atoms with E-state index < -0.39 is 17.5 Å². The molecule has 1 aromatic rings. The molecule has 2 saturated carbocycles. The molecule has 0 saturated heterocycles. The first-order chi connectivity index (χ1) is 9.15. The van der Waals surface area contributed by atoms with E-state index in [1.54, 1.807) is 0 Å². The van der Waals surface area contributed by atoms with Crippen LogP contribution in [0, 0.1) is 23.5 Å². The van der Waals surface area contributed by atoms with Crippen molar-refractivity contribution in [1.82, 2.24) is 10.3 Å². The lowest BCUT2D eigenvalue weighted by Crippen LogP contribution is -2.38. The first-order valence-electron chi connectivity index (χ1n) is 6.77.